The molecule has 0 bridgehead atoms. The van der Waals surface area contributed by atoms with Crippen LogP contribution >= 0.6 is 0 Å². The number of piperazine rings is 1. The minimum atomic E-state index is -0.208. The fraction of sp³-hybridized carbons (Fsp3) is 0.471. The Kier molecular flexibility index (Phi) is 4.32. The molecule has 0 radical (unpaired) electrons. The summed E-state index contributed by atoms with van der Waals surface area (Å²) in [5, 5.41) is 10.8. The van der Waals surface area contributed by atoms with Crippen LogP contribution in [0.25, 0.3) is 10.9 Å². The number of ether oxygens (including phenoxy) is 1. The zero-order chi connectivity index (χ0) is 15.5. The summed E-state index contributed by atoms with van der Waals surface area (Å²) in [4.78, 5) is 7.96. The van der Waals surface area contributed by atoms with Gasteiger partial charge >= 0.3 is 0 Å². The normalized spacial score (nSPS) is 18.2. The zero-order valence-electron chi connectivity index (χ0n) is 13.2. The van der Waals surface area contributed by atoms with Gasteiger partial charge in [-0.05, 0) is 24.7 Å². The van der Waals surface area contributed by atoms with Gasteiger partial charge in [-0.25, -0.2) is 0 Å². The molecule has 2 heterocycles. The van der Waals surface area contributed by atoms with E-state index in [0.29, 0.717) is 0 Å². The van der Waals surface area contributed by atoms with E-state index in [1.54, 1.807) is 7.11 Å². The highest BCUT2D eigenvalue weighted by Gasteiger charge is 2.26. The van der Waals surface area contributed by atoms with E-state index in [-0.39, 0.29) is 6.04 Å². The van der Waals surface area contributed by atoms with E-state index in [2.05, 4.69) is 27.8 Å². The average molecular weight is 298 g/mol. The van der Waals surface area contributed by atoms with Crippen molar-refractivity contribution in [1.29, 1.82) is 5.26 Å². The number of hydrogen-bond donors (Lipinski definition) is 1. The maximum absolute atomic E-state index is 9.71. The van der Waals surface area contributed by atoms with Gasteiger partial charge in [0.05, 0.1) is 13.2 Å². The Balaban J connectivity index is 1.89. The van der Waals surface area contributed by atoms with Crippen molar-refractivity contribution in [2.75, 3.05) is 39.8 Å². The van der Waals surface area contributed by atoms with Gasteiger partial charge < -0.3 is 14.6 Å². The number of aromatic nitrogens is 1. The summed E-state index contributed by atoms with van der Waals surface area (Å²) in [5.41, 5.74) is 2.09. The number of likely N-dealkylation sites (N-methyl/N-ethyl adjacent to an activating group) is 1. The number of fused-ring (bicyclic) bond motifs is 1. The molecule has 1 aliphatic heterocycles. The Morgan fingerprint density at radius 3 is 2.73 bits per heavy atom. The third-order valence-electron chi connectivity index (χ3n) is 4.56. The lowest BCUT2D eigenvalue weighted by Crippen LogP contribution is -2.47. The number of nitriles is 1. The maximum Gasteiger partial charge on any atom is 0.126 e. The molecule has 1 aliphatic rings. The van der Waals surface area contributed by atoms with Crippen molar-refractivity contribution in [3.05, 3.63) is 30.0 Å². The standard InChI is InChI=1S/C17H22N4O/c1-3-20-6-8-21(9-7-20)17(11-18)15-12-19-16-5-4-13(22-2)10-14(15)16/h4-5,10,12,17,19H,3,6-9H2,1-2H3. The van der Waals surface area contributed by atoms with Crippen molar-refractivity contribution in [2.45, 2.75) is 13.0 Å². The predicted molar refractivity (Wildman–Crippen MR) is 86.9 cm³/mol. The van der Waals surface area contributed by atoms with Crippen LogP contribution in [0.5, 0.6) is 5.75 Å². The van der Waals surface area contributed by atoms with Crippen molar-refractivity contribution >= 4 is 10.9 Å². The molecule has 1 atom stereocenters. The van der Waals surface area contributed by atoms with Gasteiger partial charge in [0.15, 0.2) is 0 Å². The first-order valence-electron chi connectivity index (χ1n) is 7.78. The minimum absolute atomic E-state index is 0.208. The molecule has 1 saturated heterocycles. The molecule has 116 valence electrons. The molecule has 2 aromatic rings. The topological polar surface area (TPSA) is 55.3 Å². The Hall–Kier alpha value is -2.03. The van der Waals surface area contributed by atoms with Gasteiger partial charge in [-0.1, -0.05) is 6.92 Å². The van der Waals surface area contributed by atoms with E-state index >= 15 is 0 Å². The molecule has 22 heavy (non-hydrogen) atoms. The summed E-state index contributed by atoms with van der Waals surface area (Å²) in [6.45, 7) is 7.19. The second-order valence-electron chi connectivity index (χ2n) is 5.66. The summed E-state index contributed by atoms with van der Waals surface area (Å²) in [7, 11) is 1.67. The summed E-state index contributed by atoms with van der Waals surface area (Å²) in [6, 6.07) is 8.22. The fourth-order valence-corrected chi connectivity index (χ4v) is 3.16. The minimum Gasteiger partial charge on any atom is -0.497 e. The number of nitrogens with one attached hydrogen (secondary N) is 1. The third-order valence-corrected chi connectivity index (χ3v) is 4.56. The van der Waals surface area contributed by atoms with Crippen LogP contribution in [-0.2, 0) is 0 Å². The predicted octanol–water partition coefficient (Wildman–Crippen LogP) is 2.38. The second-order valence-corrected chi connectivity index (χ2v) is 5.66. The number of rotatable bonds is 4. The molecule has 0 amide bonds. The molecular formula is C17H22N4O. The largest absolute Gasteiger partial charge is 0.497 e. The maximum atomic E-state index is 9.71. The first kappa shape index (κ1) is 14.9. The number of aromatic amines is 1. The van der Waals surface area contributed by atoms with Gasteiger partial charge in [0.1, 0.15) is 11.8 Å². The third kappa shape index (κ3) is 2.68. The van der Waals surface area contributed by atoms with E-state index < -0.39 is 0 Å². The van der Waals surface area contributed by atoms with Crippen LogP contribution in [0.1, 0.15) is 18.5 Å². The molecule has 0 saturated carbocycles. The first-order valence-corrected chi connectivity index (χ1v) is 7.78. The molecular weight excluding hydrogens is 276 g/mol. The highest BCUT2D eigenvalue weighted by molar-refractivity contribution is 5.85. The molecule has 1 fully saturated rings. The SMILES string of the molecule is CCN1CCN(C(C#N)c2c[nH]c3ccc(OC)cc23)CC1. The number of nitrogens with zero attached hydrogens (tertiary/aromatic N) is 3. The van der Waals surface area contributed by atoms with E-state index in [1.165, 1.54) is 0 Å². The summed E-state index contributed by atoms with van der Waals surface area (Å²) >= 11 is 0. The number of H-pyrrole nitrogens is 1. The highest BCUT2D eigenvalue weighted by atomic mass is 16.5. The Morgan fingerprint density at radius 1 is 1.32 bits per heavy atom. The van der Waals surface area contributed by atoms with Crippen LogP contribution in [-0.4, -0.2) is 54.6 Å². The van der Waals surface area contributed by atoms with E-state index in [0.717, 1.165) is 54.9 Å². The lowest BCUT2D eigenvalue weighted by molar-refractivity contribution is 0.119. The molecule has 0 aliphatic carbocycles. The van der Waals surface area contributed by atoms with Crippen molar-refractivity contribution in [3.8, 4) is 11.8 Å². The van der Waals surface area contributed by atoms with Gasteiger partial charge in [-0.15, -0.1) is 0 Å². The summed E-state index contributed by atoms with van der Waals surface area (Å²) in [5.74, 6) is 0.820. The first-order chi connectivity index (χ1) is 10.8. The lowest BCUT2D eigenvalue weighted by Gasteiger charge is -2.36. The van der Waals surface area contributed by atoms with Crippen LogP contribution in [0.4, 0.5) is 0 Å². The van der Waals surface area contributed by atoms with Crippen LogP contribution in [0.2, 0.25) is 0 Å². The lowest BCUT2D eigenvalue weighted by atomic mass is 10.0. The number of methoxy groups -OCH3 is 1. The summed E-state index contributed by atoms with van der Waals surface area (Å²) < 4.78 is 5.32. The van der Waals surface area contributed by atoms with Gasteiger partial charge in [0, 0.05) is 48.8 Å². The molecule has 5 nitrogen and oxygen atoms in total. The quantitative estimate of drug-likeness (QED) is 0.941. The molecule has 3 rings (SSSR count). The van der Waals surface area contributed by atoms with Gasteiger partial charge in [-0.3, -0.25) is 4.90 Å². The van der Waals surface area contributed by atoms with E-state index in [4.69, 9.17) is 4.74 Å². The number of benzene rings is 1. The highest BCUT2D eigenvalue weighted by Crippen LogP contribution is 2.31. The second kappa shape index (κ2) is 6.39. The molecule has 1 aromatic heterocycles. The van der Waals surface area contributed by atoms with Gasteiger partial charge in [-0.2, -0.15) is 5.26 Å². The Labute approximate surface area is 131 Å². The van der Waals surface area contributed by atoms with Crippen molar-refractivity contribution in [2.24, 2.45) is 0 Å². The Morgan fingerprint density at radius 2 is 2.09 bits per heavy atom. The van der Waals surface area contributed by atoms with Crippen molar-refractivity contribution < 1.29 is 4.74 Å². The van der Waals surface area contributed by atoms with Crippen LogP contribution in [0.3, 0.4) is 0 Å². The van der Waals surface area contributed by atoms with Gasteiger partial charge in [0.25, 0.3) is 0 Å². The Bertz CT molecular complexity index is 680. The number of hydrogen-bond acceptors (Lipinski definition) is 4. The summed E-state index contributed by atoms with van der Waals surface area (Å²) in [6.07, 6.45) is 1.96. The smallest absolute Gasteiger partial charge is 0.126 e. The van der Waals surface area contributed by atoms with Crippen LogP contribution in [0.15, 0.2) is 24.4 Å². The zero-order valence-corrected chi connectivity index (χ0v) is 13.2. The molecule has 1 N–H and O–H groups in total. The van der Waals surface area contributed by atoms with Crippen LogP contribution < -0.4 is 4.74 Å². The van der Waals surface area contributed by atoms with Crippen LogP contribution in [0, 0.1) is 11.3 Å². The van der Waals surface area contributed by atoms with Crippen molar-refractivity contribution in [1.82, 2.24) is 14.8 Å². The van der Waals surface area contributed by atoms with Gasteiger partial charge in [0.2, 0.25) is 0 Å². The van der Waals surface area contributed by atoms with E-state index in [9.17, 15) is 5.26 Å². The van der Waals surface area contributed by atoms with Crippen molar-refractivity contribution in [3.63, 3.8) is 0 Å². The molecule has 5 heteroatoms. The average Bonchev–Trinajstić information content (AvgIpc) is 2.99. The van der Waals surface area contributed by atoms with E-state index in [1.807, 2.05) is 24.4 Å². The fourth-order valence-electron chi connectivity index (χ4n) is 3.16. The molecule has 1 unspecified atom stereocenters. The molecule has 1 aromatic carbocycles. The molecule has 0 spiro atoms. The monoisotopic (exact) mass is 298 g/mol.